The van der Waals surface area contributed by atoms with Crippen molar-refractivity contribution < 1.29 is 9.53 Å². The fourth-order valence-corrected chi connectivity index (χ4v) is 0.516. The van der Waals surface area contributed by atoms with Crippen LogP contribution in [0.1, 0.15) is 10.5 Å². The molecule has 0 unspecified atom stereocenters. The van der Waals surface area contributed by atoms with Gasteiger partial charge in [0, 0.05) is 6.20 Å². The van der Waals surface area contributed by atoms with Gasteiger partial charge in [-0.3, -0.25) is 0 Å². The van der Waals surface area contributed by atoms with Crippen LogP contribution in [0, 0.1) is 12.8 Å². The van der Waals surface area contributed by atoms with Crippen molar-refractivity contribution in [2.45, 2.75) is 0 Å². The van der Waals surface area contributed by atoms with Gasteiger partial charge in [-0.15, -0.1) is 12.8 Å². The Bertz CT molecular complexity index is 256. The number of hydrogen-bond acceptors (Lipinski definition) is 4. The van der Waals surface area contributed by atoms with Gasteiger partial charge in [0.05, 0.1) is 7.11 Å². The molecule has 0 saturated heterocycles. The SMILES string of the molecule is C#C.COC(=O)c1ccncn1. The highest BCUT2D eigenvalue weighted by atomic mass is 16.5. The minimum atomic E-state index is -0.442. The molecule has 0 fully saturated rings. The van der Waals surface area contributed by atoms with Crippen LogP contribution in [0.4, 0.5) is 0 Å². The zero-order valence-electron chi connectivity index (χ0n) is 6.60. The normalized spacial score (nSPS) is 7.58. The van der Waals surface area contributed by atoms with Gasteiger partial charge in [-0.05, 0) is 6.07 Å². The molecule has 0 aliphatic rings. The lowest BCUT2D eigenvalue weighted by Gasteiger charge is -1.93. The first-order chi connectivity index (χ1) is 5.84. The van der Waals surface area contributed by atoms with Crippen molar-refractivity contribution in [2.75, 3.05) is 7.11 Å². The van der Waals surface area contributed by atoms with E-state index in [1.807, 2.05) is 0 Å². The van der Waals surface area contributed by atoms with Gasteiger partial charge in [-0.25, -0.2) is 14.8 Å². The lowest BCUT2D eigenvalue weighted by molar-refractivity contribution is 0.0594. The topological polar surface area (TPSA) is 52.1 Å². The summed E-state index contributed by atoms with van der Waals surface area (Å²) in [5, 5.41) is 0. The van der Waals surface area contributed by atoms with E-state index in [1.165, 1.54) is 25.7 Å². The highest BCUT2D eigenvalue weighted by molar-refractivity contribution is 5.86. The summed E-state index contributed by atoms with van der Waals surface area (Å²) in [5.74, 6) is -0.442. The summed E-state index contributed by atoms with van der Waals surface area (Å²) in [6.45, 7) is 0. The standard InChI is InChI=1S/C6H6N2O2.C2H2/c1-10-6(9)5-2-3-7-4-8-5;1-2/h2-4H,1H3;1-2H. The van der Waals surface area contributed by atoms with Gasteiger partial charge in [-0.2, -0.15) is 0 Å². The zero-order chi connectivity index (χ0) is 9.40. The van der Waals surface area contributed by atoms with Crippen molar-refractivity contribution in [3.8, 4) is 12.8 Å². The van der Waals surface area contributed by atoms with Gasteiger partial charge in [0.2, 0.25) is 0 Å². The number of ether oxygens (including phenoxy) is 1. The number of esters is 1. The Morgan fingerprint density at radius 2 is 2.25 bits per heavy atom. The molecule has 0 amide bonds. The summed E-state index contributed by atoms with van der Waals surface area (Å²) in [7, 11) is 1.31. The van der Waals surface area contributed by atoms with Crippen LogP contribution in [0.25, 0.3) is 0 Å². The number of aromatic nitrogens is 2. The summed E-state index contributed by atoms with van der Waals surface area (Å²) in [4.78, 5) is 18.0. The van der Waals surface area contributed by atoms with Crippen LogP contribution in [0.15, 0.2) is 18.6 Å². The molecule has 0 bridgehead atoms. The summed E-state index contributed by atoms with van der Waals surface area (Å²) < 4.78 is 4.41. The van der Waals surface area contributed by atoms with Crippen molar-refractivity contribution in [1.82, 2.24) is 9.97 Å². The molecule has 62 valence electrons. The number of carbonyl (C=O) groups excluding carboxylic acids is 1. The molecule has 0 aromatic carbocycles. The lowest BCUT2D eigenvalue weighted by atomic mass is 10.4. The van der Waals surface area contributed by atoms with Gasteiger partial charge in [0.25, 0.3) is 0 Å². The van der Waals surface area contributed by atoms with Crippen LogP contribution in [-0.4, -0.2) is 23.0 Å². The monoisotopic (exact) mass is 164 g/mol. The Labute approximate surface area is 70.6 Å². The van der Waals surface area contributed by atoms with E-state index in [0.29, 0.717) is 0 Å². The van der Waals surface area contributed by atoms with Crippen LogP contribution in [0.5, 0.6) is 0 Å². The van der Waals surface area contributed by atoms with E-state index in [2.05, 4.69) is 27.6 Å². The molecule has 12 heavy (non-hydrogen) atoms. The van der Waals surface area contributed by atoms with Crippen molar-refractivity contribution in [3.05, 3.63) is 24.3 Å². The third kappa shape index (κ3) is 2.80. The zero-order valence-corrected chi connectivity index (χ0v) is 6.60. The first-order valence-corrected chi connectivity index (χ1v) is 3.02. The maximum atomic E-state index is 10.7. The second kappa shape index (κ2) is 5.86. The van der Waals surface area contributed by atoms with E-state index in [0.717, 1.165) is 0 Å². The molecule has 1 heterocycles. The van der Waals surface area contributed by atoms with E-state index in [9.17, 15) is 4.79 Å². The molecule has 4 nitrogen and oxygen atoms in total. The van der Waals surface area contributed by atoms with Gasteiger partial charge >= 0.3 is 5.97 Å². The molecule has 1 aromatic rings. The van der Waals surface area contributed by atoms with Crippen molar-refractivity contribution >= 4 is 5.97 Å². The van der Waals surface area contributed by atoms with Crippen LogP contribution in [0.3, 0.4) is 0 Å². The molecule has 4 heteroatoms. The fraction of sp³-hybridized carbons (Fsp3) is 0.125. The average molecular weight is 164 g/mol. The first-order valence-electron chi connectivity index (χ1n) is 3.02. The Kier molecular flexibility index (Phi) is 4.94. The third-order valence-corrected chi connectivity index (χ3v) is 0.976. The highest BCUT2D eigenvalue weighted by Gasteiger charge is 2.03. The van der Waals surface area contributed by atoms with Crippen LogP contribution < -0.4 is 0 Å². The predicted molar refractivity (Wildman–Crippen MR) is 43.3 cm³/mol. The Hall–Kier alpha value is -1.89. The maximum absolute atomic E-state index is 10.7. The van der Waals surface area contributed by atoms with E-state index in [4.69, 9.17) is 0 Å². The minimum Gasteiger partial charge on any atom is -0.464 e. The molecule has 0 spiro atoms. The lowest BCUT2D eigenvalue weighted by Crippen LogP contribution is -2.03. The summed E-state index contributed by atoms with van der Waals surface area (Å²) in [6.07, 6.45) is 10.8. The number of terminal acetylenes is 1. The van der Waals surface area contributed by atoms with Crippen molar-refractivity contribution in [1.29, 1.82) is 0 Å². The van der Waals surface area contributed by atoms with E-state index in [1.54, 1.807) is 0 Å². The van der Waals surface area contributed by atoms with Crippen molar-refractivity contribution in [3.63, 3.8) is 0 Å². The van der Waals surface area contributed by atoms with Crippen molar-refractivity contribution in [2.24, 2.45) is 0 Å². The quantitative estimate of drug-likeness (QED) is 0.448. The summed E-state index contributed by atoms with van der Waals surface area (Å²) in [6, 6.07) is 1.49. The molecule has 0 radical (unpaired) electrons. The predicted octanol–water partition coefficient (Wildman–Crippen LogP) is 0.513. The van der Waals surface area contributed by atoms with E-state index >= 15 is 0 Å². The maximum Gasteiger partial charge on any atom is 0.356 e. The number of hydrogen-bond donors (Lipinski definition) is 0. The smallest absolute Gasteiger partial charge is 0.356 e. The Morgan fingerprint density at radius 3 is 2.67 bits per heavy atom. The summed E-state index contributed by atoms with van der Waals surface area (Å²) >= 11 is 0. The van der Waals surface area contributed by atoms with Gasteiger partial charge in [0.15, 0.2) is 5.69 Å². The molecule has 1 aromatic heterocycles. The number of rotatable bonds is 1. The van der Waals surface area contributed by atoms with Crippen LogP contribution in [0.2, 0.25) is 0 Å². The first kappa shape index (κ1) is 10.1. The third-order valence-electron chi connectivity index (χ3n) is 0.976. The second-order valence-electron chi connectivity index (χ2n) is 1.59. The van der Waals surface area contributed by atoms with Gasteiger partial charge < -0.3 is 4.74 Å². The van der Waals surface area contributed by atoms with Gasteiger partial charge in [0.1, 0.15) is 6.33 Å². The number of nitrogens with zero attached hydrogens (tertiary/aromatic N) is 2. The molecule has 0 N–H and O–H groups in total. The van der Waals surface area contributed by atoms with E-state index in [-0.39, 0.29) is 5.69 Å². The number of methoxy groups -OCH3 is 1. The molecular weight excluding hydrogens is 156 g/mol. The molecule has 0 aliphatic carbocycles. The molecule has 0 saturated carbocycles. The Balaban J connectivity index is 0.000000561. The Morgan fingerprint density at radius 1 is 1.58 bits per heavy atom. The van der Waals surface area contributed by atoms with E-state index < -0.39 is 5.97 Å². The minimum absolute atomic E-state index is 0.275. The second-order valence-corrected chi connectivity index (χ2v) is 1.59. The summed E-state index contributed by atoms with van der Waals surface area (Å²) in [5.41, 5.74) is 0.275. The average Bonchev–Trinajstić information content (AvgIpc) is 2.21. The number of carbonyl (C=O) groups is 1. The molecule has 0 atom stereocenters. The largest absolute Gasteiger partial charge is 0.464 e. The molecule has 0 aliphatic heterocycles. The molecular formula is C8H8N2O2. The highest BCUT2D eigenvalue weighted by Crippen LogP contribution is 1.91. The van der Waals surface area contributed by atoms with Crippen LogP contribution >= 0.6 is 0 Å². The van der Waals surface area contributed by atoms with Crippen LogP contribution in [-0.2, 0) is 4.74 Å². The molecule has 1 rings (SSSR count). The fourth-order valence-electron chi connectivity index (χ4n) is 0.516. The van der Waals surface area contributed by atoms with Gasteiger partial charge in [-0.1, -0.05) is 0 Å².